The van der Waals surface area contributed by atoms with Crippen LogP contribution >= 0.6 is 11.3 Å². The molecule has 1 heterocycles. The van der Waals surface area contributed by atoms with Crippen LogP contribution < -0.4 is 5.32 Å². The molecule has 0 unspecified atom stereocenters. The molecule has 0 aliphatic heterocycles. The van der Waals surface area contributed by atoms with Crippen molar-refractivity contribution in [2.45, 2.75) is 18.2 Å². The second-order valence-electron chi connectivity index (χ2n) is 6.02. The molecule has 134 valence electrons. The lowest BCUT2D eigenvalue weighted by atomic mass is 10.2. The van der Waals surface area contributed by atoms with E-state index in [1.165, 1.54) is 17.6 Å². The molecule has 0 aliphatic carbocycles. The third-order valence-electron chi connectivity index (χ3n) is 3.74. The first-order chi connectivity index (χ1) is 12.3. The van der Waals surface area contributed by atoms with Gasteiger partial charge in [0.1, 0.15) is 5.01 Å². The molecule has 7 heteroatoms. The minimum atomic E-state index is -3.22. The quantitative estimate of drug-likeness (QED) is 0.725. The van der Waals surface area contributed by atoms with Crippen LogP contribution in [0.4, 0.5) is 5.69 Å². The van der Waals surface area contributed by atoms with Crippen molar-refractivity contribution in [2.75, 3.05) is 11.6 Å². The molecule has 5 nitrogen and oxygen atoms in total. The average molecular weight is 386 g/mol. The van der Waals surface area contributed by atoms with Crippen LogP contribution in [0.1, 0.15) is 10.6 Å². The molecule has 0 fully saturated rings. The Kier molecular flexibility index (Phi) is 5.20. The van der Waals surface area contributed by atoms with E-state index in [9.17, 15) is 13.2 Å². The van der Waals surface area contributed by atoms with Gasteiger partial charge in [-0.25, -0.2) is 13.4 Å². The van der Waals surface area contributed by atoms with Gasteiger partial charge in [-0.15, -0.1) is 11.3 Å². The van der Waals surface area contributed by atoms with E-state index in [4.69, 9.17) is 0 Å². The van der Waals surface area contributed by atoms with Crippen molar-refractivity contribution in [3.05, 3.63) is 64.5 Å². The van der Waals surface area contributed by atoms with Gasteiger partial charge in [0.25, 0.3) is 0 Å². The lowest BCUT2D eigenvalue weighted by Gasteiger charge is -2.04. The number of nitrogens with zero attached hydrogens (tertiary/aromatic N) is 1. The number of carbonyl (C=O) groups excluding carboxylic acids is 1. The Morgan fingerprint density at radius 2 is 1.88 bits per heavy atom. The second-order valence-corrected chi connectivity index (χ2v) is 8.98. The van der Waals surface area contributed by atoms with Gasteiger partial charge in [-0.1, -0.05) is 24.3 Å². The molecular formula is C19H18N2O3S2. The van der Waals surface area contributed by atoms with Gasteiger partial charge >= 0.3 is 0 Å². The van der Waals surface area contributed by atoms with E-state index in [0.717, 1.165) is 22.5 Å². The number of sulfone groups is 1. The summed E-state index contributed by atoms with van der Waals surface area (Å²) in [5, 5.41) is 5.44. The summed E-state index contributed by atoms with van der Waals surface area (Å²) in [4.78, 5) is 16.9. The molecule has 1 amide bonds. The first-order valence-electron chi connectivity index (χ1n) is 7.93. The third kappa shape index (κ3) is 4.56. The van der Waals surface area contributed by atoms with E-state index in [-0.39, 0.29) is 17.2 Å². The van der Waals surface area contributed by atoms with Crippen LogP contribution in [0.5, 0.6) is 0 Å². The van der Waals surface area contributed by atoms with E-state index < -0.39 is 9.84 Å². The van der Waals surface area contributed by atoms with Crippen LogP contribution in [0, 0.1) is 6.92 Å². The normalized spacial score (nSPS) is 11.3. The summed E-state index contributed by atoms with van der Waals surface area (Å²) < 4.78 is 23.0. The smallest absolute Gasteiger partial charge is 0.231 e. The molecule has 1 N–H and O–H groups in total. The van der Waals surface area contributed by atoms with Crippen LogP contribution in [0.15, 0.2) is 58.8 Å². The SMILES string of the molecule is Cc1cccc(NC(=O)Cc2nc(-c3ccc(S(C)(=O)=O)cc3)cs2)c1. The van der Waals surface area contributed by atoms with Crippen LogP contribution in [0.25, 0.3) is 11.3 Å². The molecule has 0 saturated carbocycles. The van der Waals surface area contributed by atoms with Crippen LogP contribution in [0.2, 0.25) is 0 Å². The van der Waals surface area contributed by atoms with Gasteiger partial charge in [0, 0.05) is 22.9 Å². The Morgan fingerprint density at radius 1 is 1.15 bits per heavy atom. The van der Waals surface area contributed by atoms with E-state index in [0.29, 0.717) is 5.01 Å². The maximum atomic E-state index is 12.2. The zero-order valence-electron chi connectivity index (χ0n) is 14.4. The van der Waals surface area contributed by atoms with E-state index >= 15 is 0 Å². The summed E-state index contributed by atoms with van der Waals surface area (Å²) in [7, 11) is -3.22. The summed E-state index contributed by atoms with van der Waals surface area (Å²) in [5.41, 5.74) is 3.40. The predicted octanol–water partition coefficient (Wildman–Crippen LogP) is 3.70. The molecule has 2 aromatic carbocycles. The number of hydrogen-bond acceptors (Lipinski definition) is 5. The minimum Gasteiger partial charge on any atom is -0.326 e. The molecule has 0 spiro atoms. The number of rotatable bonds is 5. The van der Waals surface area contributed by atoms with Crippen molar-refractivity contribution in [3.63, 3.8) is 0 Å². The Labute approximate surface area is 156 Å². The Morgan fingerprint density at radius 3 is 2.54 bits per heavy atom. The molecule has 3 aromatic rings. The van der Waals surface area contributed by atoms with E-state index in [1.54, 1.807) is 24.3 Å². The molecule has 0 bridgehead atoms. The first-order valence-corrected chi connectivity index (χ1v) is 10.7. The highest BCUT2D eigenvalue weighted by Gasteiger charge is 2.11. The summed E-state index contributed by atoms with van der Waals surface area (Å²) >= 11 is 1.41. The number of aromatic nitrogens is 1. The lowest BCUT2D eigenvalue weighted by Crippen LogP contribution is -2.14. The van der Waals surface area contributed by atoms with Gasteiger partial charge in [-0.05, 0) is 36.8 Å². The molecular weight excluding hydrogens is 368 g/mol. The number of nitrogens with one attached hydrogen (secondary N) is 1. The Hall–Kier alpha value is -2.51. The highest BCUT2D eigenvalue weighted by molar-refractivity contribution is 7.90. The van der Waals surface area contributed by atoms with Crippen molar-refractivity contribution >= 4 is 32.8 Å². The van der Waals surface area contributed by atoms with E-state index in [1.807, 2.05) is 36.6 Å². The summed E-state index contributed by atoms with van der Waals surface area (Å²) in [6, 6.07) is 14.2. The largest absolute Gasteiger partial charge is 0.326 e. The van der Waals surface area contributed by atoms with Crippen molar-refractivity contribution in [2.24, 2.45) is 0 Å². The summed E-state index contributed by atoms with van der Waals surface area (Å²) in [6.45, 7) is 1.97. The molecule has 0 aliphatic rings. The van der Waals surface area contributed by atoms with Crippen molar-refractivity contribution in [1.29, 1.82) is 0 Å². The number of anilines is 1. The summed E-state index contributed by atoms with van der Waals surface area (Å²) in [5.74, 6) is -0.121. The maximum absolute atomic E-state index is 12.2. The van der Waals surface area contributed by atoms with Gasteiger partial charge in [0.2, 0.25) is 5.91 Å². The Bertz CT molecular complexity index is 1040. The number of thiazole rings is 1. The molecule has 3 rings (SSSR count). The van der Waals surface area contributed by atoms with Gasteiger partial charge in [0.15, 0.2) is 9.84 Å². The molecule has 1 aromatic heterocycles. The standard InChI is InChI=1S/C19H18N2O3S2/c1-13-4-3-5-15(10-13)20-18(22)11-19-21-17(12-25-19)14-6-8-16(9-7-14)26(2,23)24/h3-10,12H,11H2,1-2H3,(H,20,22). The zero-order valence-corrected chi connectivity index (χ0v) is 16.0. The fourth-order valence-electron chi connectivity index (χ4n) is 2.46. The fraction of sp³-hybridized carbons (Fsp3) is 0.158. The summed E-state index contributed by atoms with van der Waals surface area (Å²) in [6.07, 6.45) is 1.37. The maximum Gasteiger partial charge on any atom is 0.231 e. The number of hydrogen-bond donors (Lipinski definition) is 1. The fourth-order valence-corrected chi connectivity index (χ4v) is 3.90. The van der Waals surface area contributed by atoms with Gasteiger partial charge in [-0.3, -0.25) is 4.79 Å². The van der Waals surface area contributed by atoms with Crippen molar-refractivity contribution < 1.29 is 13.2 Å². The van der Waals surface area contributed by atoms with Crippen LogP contribution in [-0.2, 0) is 21.1 Å². The first kappa shape index (κ1) is 18.3. The van der Waals surface area contributed by atoms with Gasteiger partial charge in [-0.2, -0.15) is 0 Å². The molecule has 0 radical (unpaired) electrons. The van der Waals surface area contributed by atoms with Crippen molar-refractivity contribution in [1.82, 2.24) is 4.98 Å². The average Bonchev–Trinajstić information content (AvgIpc) is 3.02. The molecule has 0 atom stereocenters. The zero-order chi connectivity index (χ0) is 18.7. The van der Waals surface area contributed by atoms with Crippen LogP contribution in [0.3, 0.4) is 0 Å². The molecule has 26 heavy (non-hydrogen) atoms. The highest BCUT2D eigenvalue weighted by Crippen LogP contribution is 2.24. The van der Waals surface area contributed by atoms with Crippen molar-refractivity contribution in [3.8, 4) is 11.3 Å². The number of carbonyl (C=O) groups is 1. The van der Waals surface area contributed by atoms with Gasteiger partial charge < -0.3 is 5.32 Å². The number of amides is 1. The highest BCUT2D eigenvalue weighted by atomic mass is 32.2. The third-order valence-corrected chi connectivity index (χ3v) is 5.72. The lowest BCUT2D eigenvalue weighted by molar-refractivity contribution is -0.115. The van der Waals surface area contributed by atoms with Gasteiger partial charge in [0.05, 0.1) is 17.0 Å². The second kappa shape index (κ2) is 7.39. The predicted molar refractivity (Wildman–Crippen MR) is 104 cm³/mol. The van der Waals surface area contributed by atoms with E-state index in [2.05, 4.69) is 10.3 Å². The monoisotopic (exact) mass is 386 g/mol. The number of benzene rings is 2. The molecule has 0 saturated heterocycles. The Balaban J connectivity index is 1.68. The van der Waals surface area contributed by atoms with Crippen LogP contribution in [-0.4, -0.2) is 25.6 Å². The topological polar surface area (TPSA) is 76.1 Å². The number of aryl methyl sites for hydroxylation is 1. The minimum absolute atomic E-state index is 0.121.